The van der Waals surface area contributed by atoms with Crippen LogP contribution >= 0.6 is 15.9 Å². The third kappa shape index (κ3) is 8.65. The highest BCUT2D eigenvalue weighted by Gasteiger charge is 2.12. The Kier molecular flexibility index (Phi) is 11.1. The molecule has 2 aromatic rings. The van der Waals surface area contributed by atoms with Gasteiger partial charge in [-0.2, -0.15) is 0 Å². The van der Waals surface area contributed by atoms with E-state index in [4.69, 9.17) is 10.2 Å². The van der Waals surface area contributed by atoms with Crippen molar-refractivity contribution in [2.75, 3.05) is 13.2 Å². The van der Waals surface area contributed by atoms with E-state index in [2.05, 4.69) is 71.1 Å². The normalized spacial score (nSPS) is 13.1. The number of hydrogen-bond acceptors (Lipinski definition) is 4. The number of hydrogen-bond donors (Lipinski definition) is 3. The average molecular weight is 451 g/mol. The van der Waals surface area contributed by atoms with E-state index in [1.165, 1.54) is 16.7 Å². The van der Waals surface area contributed by atoms with Crippen LogP contribution in [0, 0.1) is 0 Å². The van der Waals surface area contributed by atoms with Gasteiger partial charge in [0.15, 0.2) is 6.10 Å². The Morgan fingerprint density at radius 3 is 2.29 bits per heavy atom. The zero-order valence-electron chi connectivity index (χ0n) is 15.9. The van der Waals surface area contributed by atoms with Crippen molar-refractivity contribution >= 4 is 28.2 Å². The molecular formula is C21H27BrN2O4. The molecule has 0 saturated carbocycles. The first-order chi connectivity index (χ1) is 13.4. The maximum Gasteiger partial charge on any atom is 0.248 e. The fourth-order valence-electron chi connectivity index (χ4n) is 2.42. The zero-order valence-corrected chi connectivity index (χ0v) is 17.5. The molecule has 0 saturated heterocycles. The predicted molar refractivity (Wildman–Crippen MR) is 112 cm³/mol. The number of aryl methyl sites for hydroxylation is 1. The number of nitrogens with two attached hydrogens (primary N) is 1. The van der Waals surface area contributed by atoms with E-state index in [0.717, 1.165) is 36.8 Å². The van der Waals surface area contributed by atoms with Crippen molar-refractivity contribution in [3.8, 4) is 0 Å². The molecule has 0 bridgehead atoms. The molecule has 2 amide bonds. The molecule has 1 aliphatic rings. The summed E-state index contributed by atoms with van der Waals surface area (Å²) in [4.78, 5) is 22.0. The number of fused-ring (bicyclic) bond motifs is 1. The summed E-state index contributed by atoms with van der Waals surface area (Å²) in [6, 6.07) is 16.7. The standard InChI is InChI=1S/C10H11NO.C8H9Br.C3H7NO3/c12-8-11-6-5-9-3-1-2-4-10(9)7-11;1-2-7-3-5-8(9)6-4-7;4-3(7)2(6)1-5/h1-4,8H,5-7H2;3-6H,2H2,1H3;2,5-6H,1H2,(H2,4,7). The summed E-state index contributed by atoms with van der Waals surface area (Å²) >= 11 is 3.37. The highest BCUT2D eigenvalue weighted by Crippen LogP contribution is 2.16. The largest absolute Gasteiger partial charge is 0.393 e. The number of aliphatic hydroxyl groups excluding tert-OH is 2. The average Bonchev–Trinajstić information content (AvgIpc) is 2.74. The monoisotopic (exact) mass is 450 g/mol. The van der Waals surface area contributed by atoms with Crippen LogP contribution < -0.4 is 5.73 Å². The van der Waals surface area contributed by atoms with Gasteiger partial charge >= 0.3 is 0 Å². The first-order valence-electron chi connectivity index (χ1n) is 9.00. The number of carbonyl (C=O) groups excluding carboxylic acids is 2. The molecule has 4 N–H and O–H groups in total. The quantitative estimate of drug-likeness (QED) is 0.619. The summed E-state index contributed by atoms with van der Waals surface area (Å²) in [5, 5.41) is 16.2. The number of aliphatic hydroxyl groups is 2. The van der Waals surface area contributed by atoms with Gasteiger partial charge in [-0.1, -0.05) is 59.3 Å². The second-order valence-electron chi connectivity index (χ2n) is 6.18. The Hall–Kier alpha value is -2.22. The predicted octanol–water partition coefficient (Wildman–Crippen LogP) is 2.04. The van der Waals surface area contributed by atoms with Crippen LogP contribution in [0.1, 0.15) is 23.6 Å². The van der Waals surface area contributed by atoms with E-state index in [0.29, 0.717) is 0 Å². The SMILES string of the molecule is CCc1ccc(Br)cc1.NC(=O)C(O)CO.O=CN1CCc2ccccc2C1. The molecule has 152 valence electrons. The number of halogens is 1. The topological polar surface area (TPSA) is 104 Å². The molecule has 7 heteroatoms. The van der Waals surface area contributed by atoms with Gasteiger partial charge in [0.05, 0.1) is 6.61 Å². The lowest BCUT2D eigenvalue weighted by Crippen LogP contribution is -2.30. The molecular weight excluding hydrogens is 424 g/mol. The number of carbonyl (C=O) groups is 2. The Bertz CT molecular complexity index is 737. The van der Waals surface area contributed by atoms with E-state index >= 15 is 0 Å². The lowest BCUT2D eigenvalue weighted by molar-refractivity contribution is -0.127. The van der Waals surface area contributed by atoms with Crippen molar-refractivity contribution in [2.24, 2.45) is 5.73 Å². The third-order valence-electron chi connectivity index (χ3n) is 4.13. The molecule has 3 rings (SSSR count). The van der Waals surface area contributed by atoms with Gasteiger partial charge in [0.1, 0.15) is 0 Å². The van der Waals surface area contributed by atoms with Gasteiger partial charge in [-0.3, -0.25) is 9.59 Å². The van der Waals surface area contributed by atoms with Crippen LogP contribution in [0.25, 0.3) is 0 Å². The second kappa shape index (κ2) is 13.0. The van der Waals surface area contributed by atoms with Crippen molar-refractivity contribution < 1.29 is 19.8 Å². The number of nitrogens with zero attached hydrogens (tertiary/aromatic N) is 1. The van der Waals surface area contributed by atoms with Crippen LogP contribution in [0.3, 0.4) is 0 Å². The highest BCUT2D eigenvalue weighted by atomic mass is 79.9. The smallest absolute Gasteiger partial charge is 0.248 e. The molecule has 6 nitrogen and oxygen atoms in total. The van der Waals surface area contributed by atoms with E-state index in [-0.39, 0.29) is 0 Å². The van der Waals surface area contributed by atoms with E-state index in [9.17, 15) is 9.59 Å². The molecule has 0 spiro atoms. The Morgan fingerprint density at radius 1 is 1.21 bits per heavy atom. The Labute approximate surface area is 174 Å². The number of benzene rings is 2. The van der Waals surface area contributed by atoms with Gasteiger partial charge in [-0.25, -0.2) is 0 Å². The van der Waals surface area contributed by atoms with Gasteiger partial charge in [0.2, 0.25) is 12.3 Å². The maximum atomic E-state index is 10.5. The number of amides is 2. The molecule has 0 aromatic heterocycles. The fraction of sp³-hybridized carbons (Fsp3) is 0.333. The van der Waals surface area contributed by atoms with Crippen molar-refractivity contribution in [2.45, 2.75) is 32.4 Å². The second-order valence-corrected chi connectivity index (χ2v) is 7.09. The molecule has 2 aromatic carbocycles. The molecule has 0 aliphatic carbocycles. The molecule has 1 aliphatic heterocycles. The van der Waals surface area contributed by atoms with Crippen molar-refractivity contribution in [1.82, 2.24) is 4.90 Å². The van der Waals surface area contributed by atoms with Crippen LogP contribution in [0.2, 0.25) is 0 Å². The minimum atomic E-state index is -1.40. The van der Waals surface area contributed by atoms with Crippen LogP contribution in [0.5, 0.6) is 0 Å². The molecule has 1 atom stereocenters. The summed E-state index contributed by atoms with van der Waals surface area (Å²) in [6.45, 7) is 3.19. The first kappa shape index (κ1) is 23.8. The first-order valence-corrected chi connectivity index (χ1v) is 9.79. The van der Waals surface area contributed by atoms with E-state index in [1.807, 2.05) is 11.0 Å². The fourth-order valence-corrected chi connectivity index (χ4v) is 2.68. The van der Waals surface area contributed by atoms with Gasteiger partial charge in [0.25, 0.3) is 0 Å². The van der Waals surface area contributed by atoms with E-state index < -0.39 is 18.6 Å². The molecule has 1 heterocycles. The van der Waals surface area contributed by atoms with Gasteiger partial charge in [-0.15, -0.1) is 0 Å². The van der Waals surface area contributed by atoms with Crippen LogP contribution in [-0.2, 0) is 29.0 Å². The van der Waals surface area contributed by atoms with Crippen LogP contribution in [0.15, 0.2) is 53.0 Å². The molecule has 1 unspecified atom stereocenters. The zero-order chi connectivity index (χ0) is 20.9. The summed E-state index contributed by atoms with van der Waals surface area (Å²) in [5.41, 5.74) is 8.56. The van der Waals surface area contributed by atoms with Crippen LogP contribution in [0.4, 0.5) is 0 Å². The van der Waals surface area contributed by atoms with E-state index in [1.54, 1.807) is 0 Å². The third-order valence-corrected chi connectivity index (χ3v) is 4.66. The number of rotatable bonds is 4. The summed E-state index contributed by atoms with van der Waals surface area (Å²) in [5.74, 6) is -0.900. The Morgan fingerprint density at radius 2 is 1.82 bits per heavy atom. The maximum absolute atomic E-state index is 10.5. The lowest BCUT2D eigenvalue weighted by Gasteiger charge is -2.24. The summed E-state index contributed by atoms with van der Waals surface area (Å²) in [7, 11) is 0. The highest BCUT2D eigenvalue weighted by molar-refractivity contribution is 9.10. The molecule has 0 radical (unpaired) electrons. The van der Waals surface area contributed by atoms with Gasteiger partial charge < -0.3 is 20.8 Å². The summed E-state index contributed by atoms with van der Waals surface area (Å²) < 4.78 is 1.15. The Balaban J connectivity index is 0.000000220. The van der Waals surface area contributed by atoms with Crippen molar-refractivity contribution in [3.63, 3.8) is 0 Å². The molecule has 0 fully saturated rings. The van der Waals surface area contributed by atoms with Crippen molar-refractivity contribution in [1.29, 1.82) is 0 Å². The minimum absolute atomic E-state index is 0.602. The lowest BCUT2D eigenvalue weighted by atomic mass is 10.0. The van der Waals surface area contributed by atoms with Gasteiger partial charge in [0, 0.05) is 17.6 Å². The van der Waals surface area contributed by atoms with Crippen LogP contribution in [-0.4, -0.2) is 46.7 Å². The minimum Gasteiger partial charge on any atom is -0.393 e. The molecule has 28 heavy (non-hydrogen) atoms. The van der Waals surface area contributed by atoms with Crippen molar-refractivity contribution in [3.05, 3.63) is 69.7 Å². The summed E-state index contributed by atoms with van der Waals surface area (Å²) in [6.07, 6.45) is 1.64. The number of primary amides is 1. The van der Waals surface area contributed by atoms with Gasteiger partial charge in [-0.05, 0) is 41.7 Å².